The van der Waals surface area contributed by atoms with Gasteiger partial charge < -0.3 is 9.47 Å². The minimum atomic E-state index is -11.2. The fourth-order valence-electron chi connectivity index (χ4n) is 3.21. The molecule has 0 aliphatic carbocycles. The molecule has 40 heavy (non-hydrogen) atoms. The van der Waals surface area contributed by atoms with Crippen LogP contribution in [0.1, 0.15) is 37.1 Å². The topological polar surface area (TPSA) is 43.2 Å². The van der Waals surface area contributed by atoms with Gasteiger partial charge in [-0.25, -0.2) is 9.98 Å². The van der Waals surface area contributed by atoms with Gasteiger partial charge in [0.1, 0.15) is 30.7 Å². The van der Waals surface area contributed by atoms with Crippen LogP contribution in [0.4, 0.5) is 33.8 Å². The Hall–Kier alpha value is -1.30. The summed E-state index contributed by atoms with van der Waals surface area (Å²) in [6, 6.07) is 20.6. The molecule has 4 nitrogen and oxygen atoms in total. The zero-order valence-electron chi connectivity index (χ0n) is 20.3. The van der Waals surface area contributed by atoms with Crippen LogP contribution in [0.25, 0.3) is 0 Å². The Bertz CT molecular complexity index is 1100. The second-order valence-electron chi connectivity index (χ2n) is 8.89. The Balaban J connectivity index is 0.000000446. The number of halogens is 12. The Morgan fingerprint density at radius 3 is 1.07 bits per heavy atom. The van der Waals surface area contributed by atoms with Crippen molar-refractivity contribution in [1.29, 1.82) is 0 Å². The van der Waals surface area contributed by atoms with Gasteiger partial charge >= 0.3 is 72.7 Å². The molecule has 1 radical (unpaired) electrons. The maximum atomic E-state index is 9.93. The molecule has 0 aromatic heterocycles. The average molecular weight is 869 g/mol. The Kier molecular flexibility index (Phi) is 9.87. The van der Waals surface area contributed by atoms with Crippen molar-refractivity contribution >= 4 is 50.7 Å². The summed E-state index contributed by atoms with van der Waals surface area (Å²) in [5.41, 5.74) is 1.88. The first kappa shape index (κ1) is 36.7. The van der Waals surface area contributed by atoms with Crippen molar-refractivity contribution in [2.75, 3.05) is 13.2 Å². The first-order chi connectivity index (χ1) is 17.0. The Morgan fingerprint density at radius 2 is 0.825 bits per heavy atom. The third-order valence-corrected chi connectivity index (χ3v) is 4.74. The number of aliphatic imine (C=N–C) groups is 2. The third-order valence-electron chi connectivity index (χ3n) is 4.74. The molecule has 0 saturated heterocycles. The summed E-state index contributed by atoms with van der Waals surface area (Å²) in [4.78, 5) is 9.61. The summed E-state index contributed by atoms with van der Waals surface area (Å²) >= 11 is -22.5. The number of ether oxygens (including phenoxy) is 2. The molecule has 0 N–H and O–H groups in total. The zero-order chi connectivity index (χ0) is 30.1. The van der Waals surface area contributed by atoms with E-state index in [1.807, 2.05) is 36.4 Å². The summed E-state index contributed by atoms with van der Waals surface area (Å²) in [6.07, 6.45) is 0. The molecule has 0 spiro atoms. The molecular weight excluding hydrogens is 847 g/mol. The van der Waals surface area contributed by atoms with Gasteiger partial charge in [-0.2, -0.15) is 0 Å². The van der Waals surface area contributed by atoms with Gasteiger partial charge in [0.15, 0.2) is 11.8 Å². The van der Waals surface area contributed by atoms with Gasteiger partial charge in [-0.05, 0) is 25.0 Å². The van der Waals surface area contributed by atoms with Crippen LogP contribution in [-0.4, -0.2) is 64.0 Å². The molecular formula is C21H22CuF12N2O2Sb2-2. The Morgan fingerprint density at radius 1 is 0.575 bits per heavy atom. The van der Waals surface area contributed by atoms with Gasteiger partial charge in [0.2, 0.25) is 0 Å². The van der Waals surface area contributed by atoms with Crippen LogP contribution in [-0.2, 0) is 26.5 Å². The predicted octanol–water partition coefficient (Wildman–Crippen LogP) is 8.63. The van der Waals surface area contributed by atoms with Crippen molar-refractivity contribution in [2.24, 2.45) is 15.4 Å². The number of benzene rings is 2. The van der Waals surface area contributed by atoms with E-state index in [1.165, 1.54) is 11.1 Å². The number of nitrogens with zero attached hydrogens (tertiary/aromatic N) is 2. The number of hydrogen-bond acceptors (Lipinski definition) is 4. The van der Waals surface area contributed by atoms with Gasteiger partial charge in [0.25, 0.3) is 0 Å². The summed E-state index contributed by atoms with van der Waals surface area (Å²) in [7, 11) is 0. The SMILES string of the molecule is CC(C)(C1=N[C@@H](c2ccccc2)CO1)C1=N[C@@H](c2ccccc2)CO1.[Cu].[F][Sb-]([F])([F])([F])([F])[F].[F][Sb-]([F])([F])([F])([F])[F]. The van der Waals surface area contributed by atoms with Gasteiger partial charge in [-0.15, -0.1) is 0 Å². The van der Waals surface area contributed by atoms with Crippen LogP contribution in [0.5, 0.6) is 0 Å². The molecule has 2 heterocycles. The molecule has 0 fully saturated rings. The molecule has 19 heteroatoms. The van der Waals surface area contributed by atoms with Crippen molar-refractivity contribution in [3.63, 3.8) is 0 Å². The maximum absolute atomic E-state index is 11.2. The van der Waals surface area contributed by atoms with Gasteiger partial charge in [-0.1, -0.05) is 60.7 Å². The molecule has 2 aromatic rings. The van der Waals surface area contributed by atoms with Crippen LogP contribution < -0.4 is 0 Å². The summed E-state index contributed by atoms with van der Waals surface area (Å²) in [5.74, 6) is 1.41. The van der Waals surface area contributed by atoms with Crippen molar-refractivity contribution in [2.45, 2.75) is 25.9 Å². The standard InChI is InChI=1S/C21H22N2O2.Cu.12FH.2Sb/c1-21(2,19-22-17(13-24-19)15-9-5-3-6-10-15)20-23-18(14-25-20)16-11-7-4-8-12-16;;;;;;;;;;;;;;;/h3-12,17-18H,13-14H2,1-2H3;;12*1H;;/q;;;;;;;;;;;;;;2*+5/p-12/t17-,18-;;;;;;;;;;;;;;;/m1.............../s1. The van der Waals surface area contributed by atoms with Gasteiger partial charge in [0.05, 0.1) is 0 Å². The quantitative estimate of drug-likeness (QED) is 0.228. The van der Waals surface area contributed by atoms with E-state index in [4.69, 9.17) is 19.5 Å². The van der Waals surface area contributed by atoms with E-state index in [0.717, 1.165) is 0 Å². The van der Waals surface area contributed by atoms with Crippen LogP contribution in [0, 0.1) is 5.41 Å². The normalized spacial score (nSPS) is 22.4. The number of rotatable bonds is 4. The number of hydrogen-bond donors (Lipinski definition) is 0. The molecule has 235 valence electrons. The minimum absolute atomic E-state index is 0. The van der Waals surface area contributed by atoms with E-state index in [-0.39, 0.29) is 29.2 Å². The molecule has 0 unspecified atom stereocenters. The fourth-order valence-corrected chi connectivity index (χ4v) is 3.21. The second kappa shape index (κ2) is 10.8. The van der Waals surface area contributed by atoms with Crippen LogP contribution >= 0.6 is 0 Å². The molecule has 0 amide bonds. The van der Waals surface area contributed by atoms with E-state index >= 15 is 0 Å². The van der Waals surface area contributed by atoms with Crippen molar-refractivity contribution in [3.8, 4) is 0 Å². The second-order valence-corrected chi connectivity index (χ2v) is 19.8. The van der Waals surface area contributed by atoms with Crippen LogP contribution in [0.15, 0.2) is 70.6 Å². The monoisotopic (exact) mass is 867 g/mol. The molecule has 4 rings (SSSR count). The molecule has 2 aliphatic heterocycles. The average Bonchev–Trinajstić information content (AvgIpc) is 3.41. The van der Waals surface area contributed by atoms with Gasteiger partial charge in [-0.3, -0.25) is 0 Å². The fraction of sp³-hybridized carbons (Fsp3) is 0.333. The zero-order valence-corrected chi connectivity index (χ0v) is 26.3. The van der Waals surface area contributed by atoms with E-state index in [9.17, 15) is 33.8 Å². The summed E-state index contributed by atoms with van der Waals surface area (Å²) in [6.45, 7) is 5.26. The van der Waals surface area contributed by atoms with E-state index in [2.05, 4.69) is 38.1 Å². The van der Waals surface area contributed by atoms with Gasteiger partial charge in [0, 0.05) is 17.1 Å². The third kappa shape index (κ3) is 16.8. The van der Waals surface area contributed by atoms with E-state index in [1.54, 1.807) is 0 Å². The van der Waals surface area contributed by atoms with Crippen molar-refractivity contribution in [1.82, 2.24) is 0 Å². The molecule has 2 aliphatic rings. The Labute approximate surface area is 236 Å². The van der Waals surface area contributed by atoms with Crippen molar-refractivity contribution < 1.29 is 60.3 Å². The first-order valence-electron chi connectivity index (χ1n) is 10.7. The summed E-state index contributed by atoms with van der Waals surface area (Å²) in [5, 5.41) is 0. The molecule has 0 bridgehead atoms. The molecule has 0 saturated carbocycles. The van der Waals surface area contributed by atoms with Crippen LogP contribution in [0.3, 0.4) is 0 Å². The molecule has 2 aromatic carbocycles. The van der Waals surface area contributed by atoms with E-state index < -0.39 is 44.4 Å². The predicted molar refractivity (Wildman–Crippen MR) is 124 cm³/mol. The first-order valence-corrected chi connectivity index (χ1v) is 22.3. The van der Waals surface area contributed by atoms with Crippen molar-refractivity contribution in [3.05, 3.63) is 71.8 Å². The molecule has 2 atom stereocenters. The van der Waals surface area contributed by atoms with E-state index in [0.29, 0.717) is 25.0 Å². The summed E-state index contributed by atoms with van der Waals surface area (Å²) < 4.78 is 131. The van der Waals surface area contributed by atoms with Crippen LogP contribution in [0.2, 0.25) is 0 Å².